The van der Waals surface area contributed by atoms with Gasteiger partial charge in [0.15, 0.2) is 0 Å². The quantitative estimate of drug-likeness (QED) is 0.704. The van der Waals surface area contributed by atoms with E-state index in [2.05, 4.69) is 20.3 Å². The number of aromatic nitrogens is 5. The molecule has 1 atom stereocenters. The summed E-state index contributed by atoms with van der Waals surface area (Å²) in [5.41, 5.74) is 1.13. The number of hydrogen-bond donors (Lipinski definition) is 1. The lowest BCUT2D eigenvalue weighted by Gasteiger charge is -2.08. The average Bonchev–Trinajstić information content (AvgIpc) is 2.65. The standard InChI is InChI=1S/C8H9N5O/c1-13-7(4-11-12-13)8(14)6-2-3-9-5-10-6/h2-5,8,14H,1H3. The highest BCUT2D eigenvalue weighted by Gasteiger charge is 2.15. The Bertz CT molecular complexity index is 413. The summed E-state index contributed by atoms with van der Waals surface area (Å²) in [4.78, 5) is 7.72. The molecule has 6 heteroatoms. The highest BCUT2D eigenvalue weighted by Crippen LogP contribution is 2.16. The van der Waals surface area contributed by atoms with Gasteiger partial charge in [-0.3, -0.25) is 0 Å². The van der Waals surface area contributed by atoms with Crippen molar-refractivity contribution in [3.63, 3.8) is 0 Å². The third-order valence-electron chi connectivity index (χ3n) is 1.91. The molecule has 2 aromatic heterocycles. The summed E-state index contributed by atoms with van der Waals surface area (Å²) in [5.74, 6) is 0. The lowest BCUT2D eigenvalue weighted by Crippen LogP contribution is -2.08. The predicted molar refractivity (Wildman–Crippen MR) is 47.1 cm³/mol. The number of aryl methyl sites for hydroxylation is 1. The van der Waals surface area contributed by atoms with Crippen molar-refractivity contribution in [3.05, 3.63) is 36.2 Å². The van der Waals surface area contributed by atoms with Crippen LogP contribution >= 0.6 is 0 Å². The van der Waals surface area contributed by atoms with Gasteiger partial charge in [-0.15, -0.1) is 5.10 Å². The predicted octanol–water partition coefficient (Wildman–Crippen LogP) is -0.313. The first-order valence-electron chi connectivity index (χ1n) is 4.07. The molecule has 6 nitrogen and oxygen atoms in total. The van der Waals surface area contributed by atoms with Crippen LogP contribution in [0.1, 0.15) is 17.5 Å². The highest BCUT2D eigenvalue weighted by molar-refractivity contribution is 5.14. The van der Waals surface area contributed by atoms with E-state index in [1.807, 2.05) is 0 Å². The van der Waals surface area contributed by atoms with E-state index >= 15 is 0 Å². The van der Waals surface area contributed by atoms with Crippen LogP contribution in [-0.4, -0.2) is 30.1 Å². The van der Waals surface area contributed by atoms with Gasteiger partial charge in [0.1, 0.15) is 12.4 Å². The highest BCUT2D eigenvalue weighted by atomic mass is 16.3. The van der Waals surface area contributed by atoms with Crippen molar-refractivity contribution in [1.82, 2.24) is 25.0 Å². The topological polar surface area (TPSA) is 76.7 Å². The number of aliphatic hydroxyl groups is 1. The third-order valence-corrected chi connectivity index (χ3v) is 1.91. The summed E-state index contributed by atoms with van der Waals surface area (Å²) in [5, 5.41) is 17.3. The molecule has 0 radical (unpaired) electrons. The minimum absolute atomic E-state index is 0.533. The number of rotatable bonds is 2. The summed E-state index contributed by atoms with van der Waals surface area (Å²) >= 11 is 0. The molecule has 0 saturated carbocycles. The van der Waals surface area contributed by atoms with Crippen molar-refractivity contribution in [2.75, 3.05) is 0 Å². The summed E-state index contributed by atoms with van der Waals surface area (Å²) in [6, 6.07) is 1.65. The molecule has 2 aromatic rings. The van der Waals surface area contributed by atoms with E-state index in [0.29, 0.717) is 11.4 Å². The van der Waals surface area contributed by atoms with Gasteiger partial charge in [-0.05, 0) is 6.07 Å². The Kier molecular flexibility index (Phi) is 2.19. The second-order valence-corrected chi connectivity index (χ2v) is 2.82. The van der Waals surface area contributed by atoms with Gasteiger partial charge in [0.05, 0.1) is 17.6 Å². The maximum atomic E-state index is 9.87. The lowest BCUT2D eigenvalue weighted by molar-refractivity contribution is 0.204. The van der Waals surface area contributed by atoms with Crippen molar-refractivity contribution < 1.29 is 5.11 Å². The third kappa shape index (κ3) is 1.47. The molecule has 1 unspecified atom stereocenters. The van der Waals surface area contributed by atoms with Crippen LogP contribution in [0.4, 0.5) is 0 Å². The molecule has 2 rings (SSSR count). The first-order valence-corrected chi connectivity index (χ1v) is 4.07. The molecule has 0 saturated heterocycles. The molecule has 72 valence electrons. The van der Waals surface area contributed by atoms with Crippen molar-refractivity contribution >= 4 is 0 Å². The van der Waals surface area contributed by atoms with Crippen LogP contribution in [0.2, 0.25) is 0 Å². The minimum Gasteiger partial charge on any atom is -0.380 e. The molecular formula is C8H9N5O. The van der Waals surface area contributed by atoms with Gasteiger partial charge in [-0.2, -0.15) is 0 Å². The second-order valence-electron chi connectivity index (χ2n) is 2.82. The van der Waals surface area contributed by atoms with Gasteiger partial charge in [0.25, 0.3) is 0 Å². The number of aliphatic hydroxyl groups excluding tert-OH is 1. The van der Waals surface area contributed by atoms with E-state index in [-0.39, 0.29) is 0 Å². The van der Waals surface area contributed by atoms with E-state index in [1.165, 1.54) is 17.2 Å². The monoisotopic (exact) mass is 191 g/mol. The van der Waals surface area contributed by atoms with Crippen molar-refractivity contribution in [2.45, 2.75) is 6.10 Å². The van der Waals surface area contributed by atoms with E-state index in [9.17, 15) is 5.11 Å². The Balaban J connectivity index is 2.34. The fourth-order valence-corrected chi connectivity index (χ4v) is 1.16. The smallest absolute Gasteiger partial charge is 0.139 e. The molecular weight excluding hydrogens is 182 g/mol. The minimum atomic E-state index is -0.807. The van der Waals surface area contributed by atoms with Crippen LogP contribution in [0.5, 0.6) is 0 Å². The molecule has 0 fully saturated rings. The molecule has 14 heavy (non-hydrogen) atoms. The van der Waals surface area contributed by atoms with Crippen LogP contribution < -0.4 is 0 Å². The van der Waals surface area contributed by atoms with Crippen LogP contribution in [0, 0.1) is 0 Å². The molecule has 2 heterocycles. The molecule has 0 aliphatic heterocycles. The van der Waals surface area contributed by atoms with Crippen LogP contribution in [-0.2, 0) is 7.05 Å². The summed E-state index contributed by atoms with van der Waals surface area (Å²) in [6.07, 6.45) is 3.67. The summed E-state index contributed by atoms with van der Waals surface area (Å²) in [6.45, 7) is 0. The van der Waals surface area contributed by atoms with Crippen molar-refractivity contribution in [1.29, 1.82) is 0 Å². The van der Waals surface area contributed by atoms with Crippen LogP contribution in [0.25, 0.3) is 0 Å². The van der Waals surface area contributed by atoms with E-state index < -0.39 is 6.10 Å². The zero-order valence-corrected chi connectivity index (χ0v) is 7.57. The summed E-state index contributed by atoms with van der Waals surface area (Å²) in [7, 11) is 1.72. The maximum absolute atomic E-state index is 9.87. The van der Waals surface area contributed by atoms with E-state index in [4.69, 9.17) is 0 Å². The Hall–Kier alpha value is -1.82. The molecule has 0 bridgehead atoms. The Morgan fingerprint density at radius 3 is 2.93 bits per heavy atom. The van der Waals surface area contributed by atoms with Gasteiger partial charge in [0.2, 0.25) is 0 Å². The maximum Gasteiger partial charge on any atom is 0.139 e. The number of hydrogen-bond acceptors (Lipinski definition) is 5. The van der Waals surface area contributed by atoms with Crippen LogP contribution in [0.3, 0.4) is 0 Å². The van der Waals surface area contributed by atoms with Crippen molar-refractivity contribution in [2.24, 2.45) is 7.05 Å². The Morgan fingerprint density at radius 2 is 2.36 bits per heavy atom. The van der Waals surface area contributed by atoms with Gasteiger partial charge in [-0.25, -0.2) is 14.6 Å². The molecule has 0 amide bonds. The lowest BCUT2D eigenvalue weighted by atomic mass is 10.2. The van der Waals surface area contributed by atoms with E-state index in [0.717, 1.165) is 0 Å². The number of nitrogens with zero attached hydrogens (tertiary/aromatic N) is 5. The summed E-state index contributed by atoms with van der Waals surface area (Å²) < 4.78 is 1.51. The molecule has 0 aliphatic carbocycles. The fourth-order valence-electron chi connectivity index (χ4n) is 1.16. The zero-order chi connectivity index (χ0) is 9.97. The van der Waals surface area contributed by atoms with Crippen molar-refractivity contribution in [3.8, 4) is 0 Å². The van der Waals surface area contributed by atoms with Gasteiger partial charge in [0, 0.05) is 13.2 Å². The van der Waals surface area contributed by atoms with E-state index in [1.54, 1.807) is 19.3 Å². The normalized spacial score (nSPS) is 12.7. The zero-order valence-electron chi connectivity index (χ0n) is 7.57. The van der Waals surface area contributed by atoms with Gasteiger partial charge in [-0.1, -0.05) is 5.21 Å². The molecule has 0 aliphatic rings. The first-order chi connectivity index (χ1) is 6.79. The van der Waals surface area contributed by atoms with Gasteiger partial charge < -0.3 is 5.11 Å². The molecule has 1 N–H and O–H groups in total. The molecule has 0 aromatic carbocycles. The largest absolute Gasteiger partial charge is 0.380 e. The Labute approximate surface area is 80.2 Å². The van der Waals surface area contributed by atoms with Gasteiger partial charge >= 0.3 is 0 Å². The van der Waals surface area contributed by atoms with Crippen LogP contribution in [0.15, 0.2) is 24.8 Å². The Morgan fingerprint density at radius 1 is 1.50 bits per heavy atom. The first kappa shape index (κ1) is 8.76. The molecule has 0 spiro atoms. The second kappa shape index (κ2) is 3.51. The average molecular weight is 191 g/mol. The SMILES string of the molecule is Cn1nncc1C(O)c1ccncn1. The fraction of sp³-hybridized carbons (Fsp3) is 0.250.